The molecule has 2 fully saturated rings. The number of carbonyl (C=O) groups is 2. The molecule has 0 bridgehead atoms. The second kappa shape index (κ2) is 9.30. The van der Waals surface area contributed by atoms with Crippen molar-refractivity contribution in [2.75, 3.05) is 23.7 Å². The third kappa shape index (κ3) is 4.93. The molecule has 0 unspecified atom stereocenters. The molecule has 1 aliphatic heterocycles. The van der Waals surface area contributed by atoms with Gasteiger partial charge >= 0.3 is 0 Å². The molecule has 6 N–H and O–H groups in total. The second-order valence-corrected chi connectivity index (χ2v) is 8.22. The summed E-state index contributed by atoms with van der Waals surface area (Å²) in [5.74, 6) is 0.0936. The first-order valence-electron chi connectivity index (χ1n) is 10.9. The molecule has 9 nitrogen and oxygen atoms in total. The smallest absolute Gasteiger partial charge is 0.271 e. The van der Waals surface area contributed by atoms with Gasteiger partial charge in [-0.1, -0.05) is 18.9 Å². The van der Waals surface area contributed by atoms with Crippen molar-refractivity contribution < 1.29 is 9.59 Å². The zero-order chi connectivity index (χ0) is 21.8. The van der Waals surface area contributed by atoms with Crippen LogP contribution in [0.2, 0.25) is 0 Å². The topological polar surface area (TPSA) is 139 Å². The van der Waals surface area contributed by atoms with Crippen molar-refractivity contribution >= 4 is 29.1 Å². The van der Waals surface area contributed by atoms with Gasteiger partial charge < -0.3 is 27.0 Å². The third-order valence-electron chi connectivity index (χ3n) is 5.92. The zero-order valence-electron chi connectivity index (χ0n) is 17.5. The molecule has 1 saturated carbocycles. The molecule has 4 rings (SSSR count). The van der Waals surface area contributed by atoms with E-state index in [2.05, 4.69) is 20.6 Å². The number of benzene rings is 1. The van der Waals surface area contributed by atoms with E-state index in [0.29, 0.717) is 17.1 Å². The van der Waals surface area contributed by atoms with E-state index in [4.69, 9.17) is 11.5 Å². The first-order chi connectivity index (χ1) is 15.0. The monoisotopic (exact) mass is 423 g/mol. The average molecular weight is 424 g/mol. The van der Waals surface area contributed by atoms with E-state index in [0.717, 1.165) is 51.6 Å². The number of nitrogens with zero attached hydrogens (tertiary/aromatic N) is 3. The van der Waals surface area contributed by atoms with Crippen LogP contribution in [0.1, 0.15) is 59.4 Å². The molecular weight excluding hydrogens is 394 g/mol. The molecule has 2 amide bonds. The Morgan fingerprint density at radius 1 is 1.10 bits per heavy atom. The maximum atomic E-state index is 12.7. The highest BCUT2D eigenvalue weighted by atomic mass is 16.2. The van der Waals surface area contributed by atoms with Gasteiger partial charge in [-0.05, 0) is 43.9 Å². The Balaban J connectivity index is 1.55. The lowest BCUT2D eigenvalue weighted by molar-refractivity contribution is 0.0792. The molecule has 1 aromatic carbocycles. The Bertz CT molecular complexity index is 959. The quantitative estimate of drug-likeness (QED) is 0.559. The van der Waals surface area contributed by atoms with Gasteiger partial charge in [0.2, 0.25) is 0 Å². The summed E-state index contributed by atoms with van der Waals surface area (Å²) in [4.78, 5) is 35.2. The average Bonchev–Trinajstić information content (AvgIpc) is 3.30. The molecule has 2 aromatic rings. The van der Waals surface area contributed by atoms with Crippen molar-refractivity contribution in [2.24, 2.45) is 11.5 Å². The number of hydrogen-bond donors (Lipinski definition) is 4. The summed E-state index contributed by atoms with van der Waals surface area (Å²) in [6, 6.07) is 7.31. The number of amides is 2. The number of hydrogen-bond acceptors (Lipinski definition) is 7. The highest BCUT2D eigenvalue weighted by Gasteiger charge is 2.23. The van der Waals surface area contributed by atoms with Crippen molar-refractivity contribution in [3.8, 4) is 0 Å². The van der Waals surface area contributed by atoms with Gasteiger partial charge in [0.1, 0.15) is 5.82 Å². The van der Waals surface area contributed by atoms with Crippen LogP contribution < -0.4 is 22.1 Å². The Morgan fingerprint density at radius 2 is 1.87 bits per heavy atom. The minimum Gasteiger partial charge on any atom is -0.364 e. The van der Waals surface area contributed by atoms with Crippen LogP contribution in [0.5, 0.6) is 0 Å². The van der Waals surface area contributed by atoms with Gasteiger partial charge in [-0.2, -0.15) is 0 Å². The van der Waals surface area contributed by atoms with E-state index in [1.165, 1.54) is 6.20 Å². The van der Waals surface area contributed by atoms with E-state index in [1.807, 2.05) is 11.0 Å². The van der Waals surface area contributed by atoms with Crippen LogP contribution in [0.4, 0.5) is 17.3 Å². The second-order valence-electron chi connectivity index (χ2n) is 8.22. The predicted molar refractivity (Wildman–Crippen MR) is 119 cm³/mol. The normalized spacial score (nSPS) is 21.0. The number of aromatic nitrogens is 2. The van der Waals surface area contributed by atoms with Gasteiger partial charge in [0.05, 0.1) is 6.20 Å². The minimum atomic E-state index is -0.680. The first-order valence-corrected chi connectivity index (χ1v) is 10.9. The summed E-state index contributed by atoms with van der Waals surface area (Å²) in [7, 11) is 0. The maximum Gasteiger partial charge on any atom is 0.271 e. The fraction of sp³-hybridized carbons (Fsp3) is 0.455. The van der Waals surface area contributed by atoms with Crippen molar-refractivity contribution in [1.82, 2.24) is 14.9 Å². The van der Waals surface area contributed by atoms with Crippen LogP contribution in [0.3, 0.4) is 0 Å². The van der Waals surface area contributed by atoms with Gasteiger partial charge in [0.15, 0.2) is 11.5 Å². The fourth-order valence-electron chi connectivity index (χ4n) is 4.22. The van der Waals surface area contributed by atoms with Crippen molar-refractivity contribution in [1.29, 1.82) is 0 Å². The molecule has 0 radical (unpaired) electrons. The Morgan fingerprint density at radius 3 is 2.61 bits per heavy atom. The van der Waals surface area contributed by atoms with Crippen molar-refractivity contribution in [3.63, 3.8) is 0 Å². The summed E-state index contributed by atoms with van der Waals surface area (Å²) in [5, 5.41) is 6.45. The van der Waals surface area contributed by atoms with E-state index in [1.54, 1.807) is 18.2 Å². The Kier molecular flexibility index (Phi) is 6.31. The molecule has 31 heavy (non-hydrogen) atoms. The number of likely N-dealkylation sites (tertiary alicyclic amines) is 1. The standard InChI is InChI=1S/C22H29N7O2/c23-16-8-1-2-9-17(16)27-18-13-25-19(20(24)30)21(28-18)26-15-7-5-6-14(12-15)22(31)29-10-3-4-11-29/h5-7,12-13,16-17H,1-4,8-11,23H2,(H2,24,30)(H2,26,27,28)/t16-,17+/m0/s1. The van der Waals surface area contributed by atoms with Crippen LogP contribution in [-0.2, 0) is 0 Å². The first kappa shape index (κ1) is 21.0. The van der Waals surface area contributed by atoms with Gasteiger partial charge in [-0.3, -0.25) is 9.59 Å². The van der Waals surface area contributed by atoms with Crippen LogP contribution in [0.15, 0.2) is 30.5 Å². The van der Waals surface area contributed by atoms with Crippen molar-refractivity contribution in [2.45, 2.75) is 50.6 Å². The summed E-state index contributed by atoms with van der Waals surface area (Å²) in [5.41, 5.74) is 13.0. The van der Waals surface area contributed by atoms with E-state index >= 15 is 0 Å². The van der Waals surface area contributed by atoms with Crippen molar-refractivity contribution in [3.05, 3.63) is 41.7 Å². The zero-order valence-corrected chi connectivity index (χ0v) is 17.5. The molecule has 164 valence electrons. The van der Waals surface area contributed by atoms with Crippen LogP contribution in [0, 0.1) is 0 Å². The molecule has 0 spiro atoms. The number of carbonyl (C=O) groups excluding carboxylic acids is 2. The summed E-state index contributed by atoms with van der Waals surface area (Å²) in [6.07, 6.45) is 7.74. The van der Waals surface area contributed by atoms with E-state index in [9.17, 15) is 9.59 Å². The molecular formula is C22H29N7O2. The Labute approximate surface area is 181 Å². The highest BCUT2D eigenvalue weighted by Crippen LogP contribution is 2.24. The van der Waals surface area contributed by atoms with Gasteiger partial charge in [-0.15, -0.1) is 0 Å². The Hall–Kier alpha value is -3.20. The lowest BCUT2D eigenvalue weighted by Crippen LogP contribution is -2.42. The van der Waals surface area contributed by atoms with Crippen LogP contribution in [-0.4, -0.2) is 51.9 Å². The number of nitrogens with two attached hydrogens (primary N) is 2. The van der Waals surface area contributed by atoms with Gasteiger partial charge in [-0.25, -0.2) is 9.97 Å². The number of rotatable bonds is 6. The minimum absolute atomic E-state index is 0.00376. The highest BCUT2D eigenvalue weighted by molar-refractivity contribution is 5.97. The number of primary amides is 1. The summed E-state index contributed by atoms with van der Waals surface area (Å²) < 4.78 is 0. The fourth-order valence-corrected chi connectivity index (χ4v) is 4.22. The van der Waals surface area contributed by atoms with Crippen LogP contribution in [0.25, 0.3) is 0 Å². The summed E-state index contributed by atoms with van der Waals surface area (Å²) >= 11 is 0. The molecule has 2 aliphatic rings. The third-order valence-corrected chi connectivity index (χ3v) is 5.92. The predicted octanol–water partition coefficient (Wildman–Crippen LogP) is 2.24. The maximum absolute atomic E-state index is 12.7. The largest absolute Gasteiger partial charge is 0.364 e. The van der Waals surface area contributed by atoms with Gasteiger partial charge in [0.25, 0.3) is 11.8 Å². The number of anilines is 3. The molecule has 1 saturated heterocycles. The molecule has 2 heterocycles. The SMILES string of the molecule is NC(=O)c1ncc(N[C@@H]2CCCC[C@@H]2N)nc1Nc1cccc(C(=O)N2CCCC2)c1. The number of nitrogens with one attached hydrogen (secondary N) is 2. The van der Waals surface area contributed by atoms with Gasteiger partial charge in [0, 0.05) is 36.4 Å². The molecule has 1 aliphatic carbocycles. The molecule has 2 atom stereocenters. The summed E-state index contributed by atoms with van der Waals surface area (Å²) in [6.45, 7) is 1.57. The molecule has 1 aromatic heterocycles. The van der Waals surface area contributed by atoms with Crippen LogP contribution >= 0.6 is 0 Å². The van der Waals surface area contributed by atoms with E-state index < -0.39 is 5.91 Å². The molecule has 9 heteroatoms. The van der Waals surface area contributed by atoms with E-state index in [-0.39, 0.29) is 29.5 Å². The lowest BCUT2D eigenvalue weighted by Gasteiger charge is -2.29. The lowest BCUT2D eigenvalue weighted by atomic mass is 9.91.